The summed E-state index contributed by atoms with van der Waals surface area (Å²) in [5.74, 6) is -4.59. The Morgan fingerprint density at radius 2 is 1.33 bits per heavy atom. The third kappa shape index (κ3) is 7.28. The average molecular weight is 553 g/mol. The fourth-order valence-electron chi connectivity index (χ4n) is 4.50. The van der Waals surface area contributed by atoms with Crippen LogP contribution in [0.15, 0.2) is 54.6 Å². The third-order valence-electron chi connectivity index (χ3n) is 6.55. The van der Waals surface area contributed by atoms with Crippen LogP contribution in [-0.4, -0.2) is 19.4 Å². The van der Waals surface area contributed by atoms with E-state index in [4.69, 9.17) is 9.47 Å². The van der Waals surface area contributed by atoms with E-state index < -0.39 is 52.4 Å². The second kappa shape index (κ2) is 12.3. The third-order valence-corrected chi connectivity index (χ3v) is 6.55. The number of unbranched alkanes of at least 4 members (excludes halogenated alkanes) is 2. The Labute approximate surface area is 222 Å². The molecule has 4 rings (SSSR count). The maximum atomic E-state index is 15.0. The van der Waals surface area contributed by atoms with Gasteiger partial charge in [-0.15, -0.1) is 0 Å². The number of benzene rings is 3. The molecule has 2 nitrogen and oxygen atoms in total. The van der Waals surface area contributed by atoms with Gasteiger partial charge in [0.25, 0.3) is 0 Å². The number of hydrogen-bond donors (Lipinski definition) is 0. The summed E-state index contributed by atoms with van der Waals surface area (Å²) >= 11 is 0. The molecule has 0 radical (unpaired) electrons. The summed E-state index contributed by atoms with van der Waals surface area (Å²) in [5.41, 5.74) is -0.711. The number of rotatable bonds is 8. The molecule has 3 aromatic rings. The van der Waals surface area contributed by atoms with Crippen molar-refractivity contribution in [2.75, 3.05) is 13.2 Å². The Kier molecular flexibility index (Phi) is 9.12. The molecule has 39 heavy (non-hydrogen) atoms. The lowest BCUT2D eigenvalue weighted by Crippen LogP contribution is -2.27. The van der Waals surface area contributed by atoms with Gasteiger partial charge in [-0.2, -0.15) is 13.2 Å². The Bertz CT molecular complexity index is 1260. The minimum Gasteiger partial charge on any atom is -0.348 e. The van der Waals surface area contributed by atoms with Crippen molar-refractivity contribution < 1.29 is 40.2 Å². The van der Waals surface area contributed by atoms with Crippen LogP contribution in [0.5, 0.6) is 0 Å². The van der Waals surface area contributed by atoms with Crippen molar-refractivity contribution in [3.8, 4) is 22.3 Å². The molecule has 0 aromatic heterocycles. The maximum Gasteiger partial charge on any atom is 0.409 e. The van der Waals surface area contributed by atoms with Crippen LogP contribution < -0.4 is 0 Å². The fraction of sp³-hybridized carbons (Fsp3) is 0.333. The molecule has 0 amide bonds. The summed E-state index contributed by atoms with van der Waals surface area (Å²) in [5, 5.41) is 0. The van der Waals surface area contributed by atoms with Gasteiger partial charge < -0.3 is 9.47 Å². The molecule has 1 aliphatic rings. The Morgan fingerprint density at radius 1 is 0.769 bits per heavy atom. The normalized spacial score (nSPS) is 18.2. The molecular weight excluding hydrogens is 525 g/mol. The van der Waals surface area contributed by atoms with Crippen LogP contribution in [-0.2, 0) is 9.47 Å². The summed E-state index contributed by atoms with van der Waals surface area (Å²) < 4.78 is 107. The highest BCUT2D eigenvalue weighted by Crippen LogP contribution is 2.34. The van der Waals surface area contributed by atoms with Gasteiger partial charge in [0, 0.05) is 23.1 Å². The molecule has 0 bridgehead atoms. The Morgan fingerprint density at radius 3 is 1.87 bits per heavy atom. The molecule has 0 aliphatic carbocycles. The first-order valence-corrected chi connectivity index (χ1v) is 12.6. The minimum absolute atomic E-state index is 0.187. The second-order valence-corrected chi connectivity index (χ2v) is 9.53. The standard InChI is InChI=1S/C30H27F7O2/c1-2-3-4-5-18-16-38-29(39-17-18)20-8-6-19(7-9-20)21-12-26(33)28(27(34)13-21)22-14-24(31)23(25(32)15-22)10-11-30(35,36)37/h6-15,18,29H,2-5,16-17H2,1H3. The molecule has 0 unspecified atom stereocenters. The highest BCUT2D eigenvalue weighted by Gasteiger charge is 2.25. The zero-order chi connectivity index (χ0) is 28.2. The van der Waals surface area contributed by atoms with E-state index in [2.05, 4.69) is 6.92 Å². The number of ether oxygens (including phenoxy) is 2. The molecule has 1 saturated heterocycles. The molecule has 3 aromatic carbocycles. The number of halogens is 7. The van der Waals surface area contributed by atoms with E-state index in [-0.39, 0.29) is 17.7 Å². The van der Waals surface area contributed by atoms with E-state index in [1.165, 1.54) is 6.42 Å². The summed E-state index contributed by atoms with van der Waals surface area (Å²) in [7, 11) is 0. The zero-order valence-electron chi connectivity index (χ0n) is 21.1. The highest BCUT2D eigenvalue weighted by molar-refractivity contribution is 5.73. The molecule has 1 fully saturated rings. The fourth-order valence-corrected chi connectivity index (χ4v) is 4.50. The quantitative estimate of drug-likeness (QED) is 0.205. The van der Waals surface area contributed by atoms with E-state index in [0.717, 1.165) is 37.0 Å². The predicted octanol–water partition coefficient (Wildman–Crippen LogP) is 9.39. The average Bonchev–Trinajstić information content (AvgIpc) is 2.88. The SMILES string of the molecule is CCCCCC1COC(c2ccc(-c3cc(F)c(-c4cc(F)c(C=CC(F)(F)F)c(F)c4)c(F)c3)cc2)OC1. The van der Waals surface area contributed by atoms with Gasteiger partial charge in [-0.05, 0) is 53.5 Å². The first-order valence-electron chi connectivity index (χ1n) is 12.6. The lowest BCUT2D eigenvalue weighted by atomic mass is 9.97. The Hall–Kier alpha value is -3.17. The van der Waals surface area contributed by atoms with E-state index in [0.29, 0.717) is 36.8 Å². The van der Waals surface area contributed by atoms with Crippen LogP contribution in [0.25, 0.3) is 28.3 Å². The number of allylic oxidation sites excluding steroid dienone is 1. The number of hydrogen-bond acceptors (Lipinski definition) is 2. The van der Waals surface area contributed by atoms with E-state index >= 15 is 0 Å². The van der Waals surface area contributed by atoms with Crippen molar-refractivity contribution in [1.29, 1.82) is 0 Å². The van der Waals surface area contributed by atoms with Crippen LogP contribution in [0.1, 0.15) is 50.0 Å². The summed E-state index contributed by atoms with van der Waals surface area (Å²) in [6.45, 7) is 3.33. The van der Waals surface area contributed by atoms with Crippen LogP contribution in [0, 0.1) is 29.2 Å². The van der Waals surface area contributed by atoms with Gasteiger partial charge in [0.2, 0.25) is 0 Å². The van der Waals surface area contributed by atoms with Gasteiger partial charge in [-0.3, -0.25) is 0 Å². The van der Waals surface area contributed by atoms with Crippen LogP contribution >= 0.6 is 0 Å². The Balaban J connectivity index is 1.50. The molecule has 9 heteroatoms. The first kappa shape index (κ1) is 28.8. The van der Waals surface area contributed by atoms with Gasteiger partial charge >= 0.3 is 6.18 Å². The van der Waals surface area contributed by atoms with E-state index in [1.807, 2.05) is 0 Å². The van der Waals surface area contributed by atoms with Gasteiger partial charge in [0.1, 0.15) is 23.3 Å². The molecule has 208 valence electrons. The summed E-state index contributed by atoms with van der Waals surface area (Å²) in [6.07, 6.45) is -0.911. The molecule has 0 saturated carbocycles. The summed E-state index contributed by atoms with van der Waals surface area (Å²) in [4.78, 5) is 0. The van der Waals surface area contributed by atoms with Crippen molar-refractivity contribution in [3.63, 3.8) is 0 Å². The van der Waals surface area contributed by atoms with Crippen molar-refractivity contribution in [3.05, 3.63) is 89.0 Å². The van der Waals surface area contributed by atoms with Gasteiger partial charge in [0.05, 0.1) is 18.8 Å². The molecule has 1 aliphatic heterocycles. The molecular formula is C30H27F7O2. The van der Waals surface area contributed by atoms with Crippen LogP contribution in [0.2, 0.25) is 0 Å². The topological polar surface area (TPSA) is 18.5 Å². The maximum absolute atomic E-state index is 15.0. The highest BCUT2D eigenvalue weighted by atomic mass is 19.4. The van der Waals surface area contributed by atoms with Gasteiger partial charge in [-0.1, -0.05) is 50.5 Å². The predicted molar refractivity (Wildman–Crippen MR) is 135 cm³/mol. The smallest absolute Gasteiger partial charge is 0.348 e. The van der Waals surface area contributed by atoms with Crippen molar-refractivity contribution in [2.24, 2.45) is 5.92 Å². The first-order chi connectivity index (χ1) is 18.6. The largest absolute Gasteiger partial charge is 0.409 e. The van der Waals surface area contributed by atoms with Crippen LogP contribution in [0.3, 0.4) is 0 Å². The lowest BCUT2D eigenvalue weighted by Gasteiger charge is -2.29. The molecule has 0 N–H and O–H groups in total. The van der Waals surface area contributed by atoms with Gasteiger partial charge in [-0.25, -0.2) is 17.6 Å². The molecule has 0 spiro atoms. The van der Waals surface area contributed by atoms with E-state index in [9.17, 15) is 30.7 Å². The van der Waals surface area contributed by atoms with Crippen LogP contribution in [0.4, 0.5) is 30.7 Å². The molecule has 1 heterocycles. The van der Waals surface area contributed by atoms with Crippen molar-refractivity contribution >= 4 is 6.08 Å². The monoisotopic (exact) mass is 552 g/mol. The lowest BCUT2D eigenvalue weighted by molar-refractivity contribution is -0.206. The summed E-state index contributed by atoms with van der Waals surface area (Å²) in [6, 6.07) is 10.0. The number of alkyl halides is 3. The molecule has 0 atom stereocenters. The van der Waals surface area contributed by atoms with Gasteiger partial charge in [0.15, 0.2) is 6.29 Å². The van der Waals surface area contributed by atoms with Crippen molar-refractivity contribution in [2.45, 2.75) is 45.1 Å². The van der Waals surface area contributed by atoms with E-state index in [1.54, 1.807) is 24.3 Å². The zero-order valence-corrected chi connectivity index (χ0v) is 21.1. The minimum atomic E-state index is -4.78. The second-order valence-electron chi connectivity index (χ2n) is 9.53. The van der Waals surface area contributed by atoms with Crippen molar-refractivity contribution in [1.82, 2.24) is 0 Å².